The third-order valence-electron chi connectivity index (χ3n) is 3.95. The van der Waals surface area contributed by atoms with Crippen molar-refractivity contribution in [2.24, 2.45) is 0 Å². The van der Waals surface area contributed by atoms with Crippen molar-refractivity contribution in [1.82, 2.24) is 15.3 Å². The van der Waals surface area contributed by atoms with Crippen LogP contribution in [0.4, 0.5) is 5.00 Å². The minimum Gasteiger partial charge on any atom is -0.317 e. The fourth-order valence-corrected chi connectivity index (χ4v) is 5.35. The molecule has 1 aliphatic rings. The van der Waals surface area contributed by atoms with Gasteiger partial charge in [0.15, 0.2) is 0 Å². The number of pyridine rings is 1. The van der Waals surface area contributed by atoms with E-state index in [-0.39, 0.29) is 5.91 Å². The van der Waals surface area contributed by atoms with Gasteiger partial charge in [-0.15, -0.1) is 22.7 Å². The van der Waals surface area contributed by atoms with Crippen molar-refractivity contribution in [2.45, 2.75) is 54.0 Å². The minimum absolute atomic E-state index is 0.0479. The number of hydrogen-bond acceptors (Lipinski definition) is 6. The molecule has 1 aliphatic heterocycles. The third kappa shape index (κ3) is 4.54. The molecule has 0 aromatic carbocycles. The van der Waals surface area contributed by atoms with Crippen molar-refractivity contribution >= 4 is 43.8 Å². The molecule has 3 aromatic heterocycles. The first kappa shape index (κ1) is 21.5. The summed E-state index contributed by atoms with van der Waals surface area (Å²) in [5.74, 6) is -0.0479. The molecule has 2 N–H and O–H groups in total. The van der Waals surface area contributed by atoms with Crippen LogP contribution in [0.3, 0.4) is 0 Å². The molecule has 0 radical (unpaired) electrons. The van der Waals surface area contributed by atoms with E-state index >= 15 is 0 Å². The molecule has 27 heavy (non-hydrogen) atoms. The van der Waals surface area contributed by atoms with E-state index < -0.39 is 0 Å². The summed E-state index contributed by atoms with van der Waals surface area (Å²) < 4.78 is 1.12. The Morgan fingerprint density at radius 3 is 2.67 bits per heavy atom. The molecule has 3 aromatic rings. The molecular weight excluding hydrogens is 376 g/mol. The van der Waals surface area contributed by atoms with Gasteiger partial charge in [-0.3, -0.25) is 9.78 Å². The smallest absolute Gasteiger partial charge is 0.221 e. The lowest BCUT2D eigenvalue weighted by Gasteiger charge is -2.20. The van der Waals surface area contributed by atoms with E-state index in [0.717, 1.165) is 38.8 Å². The number of aromatic nitrogens is 2. The van der Waals surface area contributed by atoms with Gasteiger partial charge in [0.2, 0.25) is 5.91 Å². The Balaban J connectivity index is 0.000000614. The number of thiophene rings is 1. The summed E-state index contributed by atoms with van der Waals surface area (Å²) in [4.78, 5) is 21.8. The van der Waals surface area contributed by atoms with Crippen LogP contribution in [-0.2, 0) is 11.2 Å². The second-order valence-electron chi connectivity index (χ2n) is 5.62. The molecule has 1 atom stereocenters. The Bertz CT molecular complexity index is 868. The van der Waals surface area contributed by atoms with Crippen molar-refractivity contribution < 1.29 is 4.79 Å². The predicted molar refractivity (Wildman–Crippen MR) is 118 cm³/mol. The summed E-state index contributed by atoms with van der Waals surface area (Å²) in [6, 6.07) is 2.29. The molecule has 146 valence electrons. The van der Waals surface area contributed by atoms with Gasteiger partial charge in [0.1, 0.15) is 15.5 Å². The normalized spacial score (nSPS) is 15.1. The van der Waals surface area contributed by atoms with Crippen LogP contribution in [0, 0.1) is 0 Å². The van der Waals surface area contributed by atoms with Crippen LogP contribution in [0.15, 0.2) is 18.5 Å². The quantitative estimate of drug-likeness (QED) is 0.580. The lowest BCUT2D eigenvalue weighted by molar-refractivity contribution is -0.114. The van der Waals surface area contributed by atoms with Crippen LogP contribution in [0.25, 0.3) is 20.8 Å². The number of carbonyl (C=O) groups is 1. The number of hydrogen-bond donors (Lipinski definition) is 2. The summed E-state index contributed by atoms with van der Waals surface area (Å²) in [6.07, 6.45) is 4.53. The average molecular weight is 405 g/mol. The lowest BCUT2D eigenvalue weighted by atomic mass is 10.0. The minimum atomic E-state index is -0.0479. The molecule has 7 heteroatoms. The SMILES string of the molecule is CC.CC.CC(=O)Nc1sc2c(c1-c1nc3cnccc3s1)CCNC2C. The molecule has 0 spiro atoms. The Hall–Kier alpha value is -1.83. The highest BCUT2D eigenvalue weighted by Gasteiger charge is 2.27. The lowest BCUT2D eigenvalue weighted by Crippen LogP contribution is -2.26. The summed E-state index contributed by atoms with van der Waals surface area (Å²) in [5.41, 5.74) is 3.31. The number of thiazole rings is 1. The maximum Gasteiger partial charge on any atom is 0.221 e. The Morgan fingerprint density at radius 2 is 2.00 bits per heavy atom. The molecule has 0 bridgehead atoms. The zero-order chi connectivity index (χ0) is 20.0. The largest absolute Gasteiger partial charge is 0.317 e. The average Bonchev–Trinajstić information content (AvgIpc) is 3.26. The molecule has 4 heterocycles. The first-order valence-corrected chi connectivity index (χ1v) is 11.1. The maximum absolute atomic E-state index is 11.6. The number of anilines is 1. The first-order valence-electron chi connectivity index (χ1n) is 9.51. The van der Waals surface area contributed by atoms with Gasteiger partial charge in [-0.25, -0.2) is 4.98 Å². The van der Waals surface area contributed by atoms with Gasteiger partial charge >= 0.3 is 0 Å². The molecule has 0 fully saturated rings. The van der Waals surface area contributed by atoms with Crippen LogP contribution in [-0.4, -0.2) is 22.4 Å². The fourth-order valence-electron chi connectivity index (χ4n) is 2.95. The highest BCUT2D eigenvalue weighted by Crippen LogP contribution is 2.46. The van der Waals surface area contributed by atoms with E-state index in [0.29, 0.717) is 6.04 Å². The van der Waals surface area contributed by atoms with Crippen LogP contribution < -0.4 is 10.6 Å². The van der Waals surface area contributed by atoms with Crippen molar-refractivity contribution in [1.29, 1.82) is 0 Å². The Morgan fingerprint density at radius 1 is 1.26 bits per heavy atom. The molecule has 5 nitrogen and oxygen atoms in total. The van der Waals surface area contributed by atoms with E-state index in [9.17, 15) is 4.79 Å². The number of amides is 1. The summed E-state index contributed by atoms with van der Waals surface area (Å²) in [5, 5.41) is 8.35. The van der Waals surface area contributed by atoms with Gasteiger partial charge in [0, 0.05) is 29.6 Å². The number of nitrogens with zero attached hydrogens (tertiary/aromatic N) is 2. The van der Waals surface area contributed by atoms with Crippen molar-refractivity contribution in [3.8, 4) is 10.6 Å². The number of fused-ring (bicyclic) bond motifs is 2. The van der Waals surface area contributed by atoms with Gasteiger partial charge in [-0.2, -0.15) is 0 Å². The van der Waals surface area contributed by atoms with E-state index in [4.69, 9.17) is 4.98 Å². The van der Waals surface area contributed by atoms with Crippen LogP contribution in [0.2, 0.25) is 0 Å². The fraction of sp³-hybridized carbons (Fsp3) is 0.450. The van der Waals surface area contributed by atoms with Gasteiger partial charge in [0.05, 0.1) is 10.9 Å². The molecule has 1 unspecified atom stereocenters. The second kappa shape index (κ2) is 9.92. The van der Waals surface area contributed by atoms with Crippen molar-refractivity contribution in [3.05, 3.63) is 28.9 Å². The van der Waals surface area contributed by atoms with Crippen LogP contribution >= 0.6 is 22.7 Å². The monoisotopic (exact) mass is 404 g/mol. The zero-order valence-electron chi connectivity index (χ0n) is 16.8. The number of carbonyl (C=O) groups excluding carboxylic acids is 1. The van der Waals surface area contributed by atoms with Gasteiger partial charge in [-0.1, -0.05) is 27.7 Å². The Labute approximate surface area is 169 Å². The molecule has 4 rings (SSSR count). The molecular formula is C20H28N4OS2. The van der Waals surface area contributed by atoms with Crippen molar-refractivity contribution in [3.63, 3.8) is 0 Å². The highest BCUT2D eigenvalue weighted by molar-refractivity contribution is 7.23. The van der Waals surface area contributed by atoms with Crippen molar-refractivity contribution in [2.75, 3.05) is 11.9 Å². The topological polar surface area (TPSA) is 66.9 Å². The summed E-state index contributed by atoms with van der Waals surface area (Å²) in [6.45, 7) is 12.7. The zero-order valence-corrected chi connectivity index (χ0v) is 18.5. The van der Waals surface area contributed by atoms with E-state index in [1.54, 1.807) is 42.0 Å². The highest BCUT2D eigenvalue weighted by atomic mass is 32.1. The summed E-state index contributed by atoms with van der Waals surface area (Å²) >= 11 is 3.31. The molecule has 1 amide bonds. The second-order valence-corrected chi connectivity index (χ2v) is 7.70. The third-order valence-corrected chi connectivity index (χ3v) is 6.33. The number of nitrogens with one attached hydrogen (secondary N) is 2. The van der Waals surface area contributed by atoms with Gasteiger partial charge in [-0.05, 0) is 31.5 Å². The van der Waals surface area contributed by atoms with Crippen LogP contribution in [0.5, 0.6) is 0 Å². The maximum atomic E-state index is 11.6. The molecule has 0 aliphatic carbocycles. The van der Waals surface area contributed by atoms with E-state index in [2.05, 4.69) is 22.5 Å². The first-order chi connectivity index (χ1) is 13.1. The summed E-state index contributed by atoms with van der Waals surface area (Å²) in [7, 11) is 0. The van der Waals surface area contributed by atoms with E-state index in [1.165, 1.54) is 10.4 Å². The Kier molecular flexibility index (Phi) is 7.89. The predicted octanol–water partition coefficient (Wildman–Crippen LogP) is 5.64. The van der Waals surface area contributed by atoms with Gasteiger partial charge < -0.3 is 10.6 Å². The number of rotatable bonds is 2. The standard InChI is InChI=1S/C16H16N4OS2.2C2H6/c1-8-14-10(3-6-18-8)13(15(23-14)19-9(2)21)16-20-11-7-17-5-4-12(11)22-16;2*1-2/h4-5,7-8,18H,3,6H2,1-2H3,(H,19,21);2*1-2H3. The van der Waals surface area contributed by atoms with Crippen LogP contribution in [0.1, 0.15) is 58.0 Å². The molecule has 0 saturated carbocycles. The molecule has 0 saturated heterocycles. The van der Waals surface area contributed by atoms with Gasteiger partial charge in [0.25, 0.3) is 0 Å². The van der Waals surface area contributed by atoms with E-state index in [1.807, 2.05) is 33.8 Å².